The maximum absolute atomic E-state index is 10.8. The third kappa shape index (κ3) is 3.58. The van der Waals surface area contributed by atoms with Crippen LogP contribution in [-0.2, 0) is 0 Å². The summed E-state index contributed by atoms with van der Waals surface area (Å²) in [6.07, 6.45) is 0. The summed E-state index contributed by atoms with van der Waals surface area (Å²) < 4.78 is 0. The van der Waals surface area contributed by atoms with E-state index in [-0.39, 0.29) is 59.1 Å². The number of hydrogen-bond donors (Lipinski definition) is 0. The van der Waals surface area contributed by atoms with E-state index >= 15 is 0 Å². The molecule has 0 spiro atoms. The molecule has 0 radical (unpaired) electrons. The molecule has 5 heteroatoms. The zero-order valence-electron chi connectivity index (χ0n) is 8.94. The Kier molecular flexibility index (Phi) is 7.42. The van der Waals surface area contributed by atoms with Crippen LogP contribution in [-0.4, -0.2) is 7.12 Å². The maximum atomic E-state index is 10.8. The standard InChI is InChI=1S/C10H7BO2.2Na/c12-11(13)10-7-3-5-8-4-1-2-6-9(8)10;;/h1-7H;;/q-2;2*+1. The van der Waals surface area contributed by atoms with Gasteiger partial charge in [0.1, 0.15) is 0 Å². The van der Waals surface area contributed by atoms with Crippen LogP contribution >= 0.6 is 0 Å². The minimum absolute atomic E-state index is 0. The van der Waals surface area contributed by atoms with Crippen molar-refractivity contribution < 1.29 is 69.2 Å². The summed E-state index contributed by atoms with van der Waals surface area (Å²) in [5.74, 6) is 0. The molecule has 0 atom stereocenters. The Balaban J connectivity index is 0.000000980. The molecule has 0 heterocycles. The van der Waals surface area contributed by atoms with Gasteiger partial charge in [0, 0.05) is 0 Å². The van der Waals surface area contributed by atoms with Gasteiger partial charge in [-0.3, -0.25) is 0 Å². The maximum Gasteiger partial charge on any atom is 1.00 e. The van der Waals surface area contributed by atoms with Crippen molar-refractivity contribution in [3.63, 3.8) is 0 Å². The van der Waals surface area contributed by atoms with Gasteiger partial charge in [-0.2, -0.15) is 0 Å². The molecule has 2 aromatic carbocycles. The summed E-state index contributed by atoms with van der Waals surface area (Å²) in [4.78, 5) is 0. The molecule has 0 aliphatic heterocycles. The minimum atomic E-state index is -1.90. The molecule has 2 rings (SSSR count). The fraction of sp³-hybridized carbons (Fsp3) is 0. The summed E-state index contributed by atoms with van der Waals surface area (Å²) in [7, 11) is -1.90. The van der Waals surface area contributed by atoms with E-state index < -0.39 is 7.12 Å². The SMILES string of the molecule is [Na+].[Na+].[O-]B([O-])c1cccc2ccccc12. The van der Waals surface area contributed by atoms with Crippen molar-refractivity contribution in [2.45, 2.75) is 0 Å². The Morgan fingerprint density at radius 2 is 1.40 bits per heavy atom. The smallest absolute Gasteiger partial charge is 0.889 e. The molecule has 0 saturated carbocycles. The van der Waals surface area contributed by atoms with Crippen LogP contribution in [0.3, 0.4) is 0 Å². The molecule has 0 aromatic heterocycles. The number of rotatable bonds is 1. The zero-order chi connectivity index (χ0) is 9.26. The number of hydrogen-bond acceptors (Lipinski definition) is 2. The third-order valence-corrected chi connectivity index (χ3v) is 2.08. The van der Waals surface area contributed by atoms with Gasteiger partial charge in [-0.25, -0.2) is 0 Å². The molecule has 2 aromatic rings. The predicted molar refractivity (Wildman–Crippen MR) is 49.3 cm³/mol. The molecule has 0 unspecified atom stereocenters. The Morgan fingerprint density at radius 1 is 0.800 bits per heavy atom. The van der Waals surface area contributed by atoms with Crippen LogP contribution < -0.4 is 74.6 Å². The Labute approximate surface area is 133 Å². The summed E-state index contributed by atoms with van der Waals surface area (Å²) in [5, 5.41) is 23.3. The van der Waals surface area contributed by atoms with E-state index in [2.05, 4.69) is 0 Å². The number of benzene rings is 2. The first-order valence-electron chi connectivity index (χ1n) is 4.08. The van der Waals surface area contributed by atoms with E-state index in [4.69, 9.17) is 0 Å². The van der Waals surface area contributed by atoms with Gasteiger partial charge in [0.2, 0.25) is 0 Å². The van der Waals surface area contributed by atoms with Gasteiger partial charge in [0.15, 0.2) is 0 Å². The zero-order valence-corrected chi connectivity index (χ0v) is 12.9. The van der Waals surface area contributed by atoms with Gasteiger partial charge in [-0.05, 0) is 10.8 Å². The van der Waals surface area contributed by atoms with Gasteiger partial charge in [-0.1, -0.05) is 49.6 Å². The van der Waals surface area contributed by atoms with E-state index in [1.807, 2.05) is 24.3 Å². The molecule has 0 fully saturated rings. The van der Waals surface area contributed by atoms with Crippen molar-refractivity contribution in [3.05, 3.63) is 42.5 Å². The van der Waals surface area contributed by atoms with Gasteiger partial charge in [0.05, 0.1) is 0 Å². The second-order valence-corrected chi connectivity index (χ2v) is 2.90. The Bertz CT molecular complexity index is 429. The summed E-state index contributed by atoms with van der Waals surface area (Å²) in [6.45, 7) is 0. The summed E-state index contributed by atoms with van der Waals surface area (Å²) >= 11 is 0. The average Bonchev–Trinajstić information content (AvgIpc) is 2.17. The molecule has 64 valence electrons. The van der Waals surface area contributed by atoms with Crippen LogP contribution in [0.2, 0.25) is 0 Å². The van der Waals surface area contributed by atoms with E-state index in [0.29, 0.717) is 5.46 Å². The Hall–Kier alpha value is 0.685. The van der Waals surface area contributed by atoms with Gasteiger partial charge < -0.3 is 10.0 Å². The molecule has 0 saturated heterocycles. The molecular formula is C10H7BNa2O2. The molecular weight excluding hydrogens is 209 g/mol. The molecule has 0 bridgehead atoms. The predicted octanol–water partition coefficient (Wildman–Crippen LogP) is -6.74. The first-order chi connectivity index (χ1) is 6.29. The van der Waals surface area contributed by atoms with Crippen LogP contribution in [0, 0.1) is 0 Å². The molecule has 15 heavy (non-hydrogen) atoms. The molecule has 0 N–H and O–H groups in total. The van der Waals surface area contributed by atoms with Crippen molar-refractivity contribution in [1.82, 2.24) is 0 Å². The molecule has 0 aliphatic carbocycles. The largest absolute Gasteiger partial charge is 1.00 e. The third-order valence-electron chi connectivity index (χ3n) is 2.08. The van der Waals surface area contributed by atoms with Gasteiger partial charge >= 0.3 is 59.1 Å². The fourth-order valence-electron chi connectivity index (χ4n) is 1.46. The van der Waals surface area contributed by atoms with Crippen LogP contribution in [0.4, 0.5) is 0 Å². The monoisotopic (exact) mass is 216 g/mol. The average molecular weight is 216 g/mol. The quantitative estimate of drug-likeness (QED) is 0.445. The van der Waals surface area contributed by atoms with E-state index in [0.717, 1.165) is 10.8 Å². The van der Waals surface area contributed by atoms with Crippen molar-refractivity contribution in [2.24, 2.45) is 0 Å². The van der Waals surface area contributed by atoms with Crippen LogP contribution in [0.5, 0.6) is 0 Å². The Morgan fingerprint density at radius 3 is 2.07 bits per heavy atom. The molecule has 0 aliphatic rings. The van der Waals surface area contributed by atoms with E-state index in [1.165, 1.54) is 0 Å². The topological polar surface area (TPSA) is 46.1 Å². The van der Waals surface area contributed by atoms with Crippen molar-refractivity contribution >= 4 is 23.4 Å². The van der Waals surface area contributed by atoms with Crippen molar-refractivity contribution in [1.29, 1.82) is 0 Å². The first-order valence-corrected chi connectivity index (χ1v) is 4.08. The van der Waals surface area contributed by atoms with E-state index in [1.54, 1.807) is 18.2 Å². The molecule has 2 nitrogen and oxygen atoms in total. The van der Waals surface area contributed by atoms with Crippen molar-refractivity contribution in [2.75, 3.05) is 0 Å². The normalized spacial score (nSPS) is 8.93. The second-order valence-electron chi connectivity index (χ2n) is 2.90. The fourth-order valence-corrected chi connectivity index (χ4v) is 1.46. The van der Waals surface area contributed by atoms with Gasteiger partial charge in [0.25, 0.3) is 0 Å². The second kappa shape index (κ2) is 7.10. The summed E-state index contributed by atoms with van der Waals surface area (Å²) in [6, 6.07) is 12.6. The minimum Gasteiger partial charge on any atom is -0.889 e. The summed E-state index contributed by atoms with van der Waals surface area (Å²) in [5.41, 5.74) is 0.332. The van der Waals surface area contributed by atoms with Crippen LogP contribution in [0.1, 0.15) is 0 Å². The van der Waals surface area contributed by atoms with Crippen molar-refractivity contribution in [3.8, 4) is 0 Å². The van der Waals surface area contributed by atoms with Crippen LogP contribution in [0.15, 0.2) is 42.5 Å². The number of fused-ring (bicyclic) bond motifs is 1. The molecule has 0 amide bonds. The van der Waals surface area contributed by atoms with Gasteiger partial charge in [-0.15, -0.1) is 5.46 Å². The first kappa shape index (κ1) is 15.7. The van der Waals surface area contributed by atoms with E-state index in [9.17, 15) is 10.0 Å². The van der Waals surface area contributed by atoms with Crippen LogP contribution in [0.25, 0.3) is 10.8 Å².